The first-order valence-electron chi connectivity index (χ1n) is 2.80. The third kappa shape index (κ3) is 8.49. The average Bonchev–Trinajstić information content (AvgIpc) is 1.89. The molecule has 0 heterocycles. The van der Waals surface area contributed by atoms with Gasteiger partial charge in [-0.05, 0) is 33.7 Å². The predicted octanol–water partition coefficient (Wildman–Crippen LogP) is 3.06. The van der Waals surface area contributed by atoms with Crippen LogP contribution in [-0.2, 0) is 0 Å². The Balaban J connectivity index is 3.13. The van der Waals surface area contributed by atoms with Crippen molar-refractivity contribution in [1.82, 2.24) is 0 Å². The molecule has 9 heavy (non-hydrogen) atoms. The summed E-state index contributed by atoms with van der Waals surface area (Å²) in [6.07, 6.45) is 6.99. The summed E-state index contributed by atoms with van der Waals surface area (Å²) in [6, 6.07) is 0. The highest BCUT2D eigenvalue weighted by Crippen LogP contribution is 2.09. The van der Waals surface area contributed by atoms with E-state index in [1.54, 1.807) is 8.93 Å². The molecule has 0 amide bonds. The molecule has 0 aromatic heterocycles. The highest BCUT2D eigenvalue weighted by atomic mass is 127. The fraction of sp³-hybridized carbons (Fsp3) is 0.500. The van der Waals surface area contributed by atoms with Gasteiger partial charge in [0.1, 0.15) is 0 Å². The van der Waals surface area contributed by atoms with Crippen LogP contribution in [0.25, 0.3) is 0 Å². The van der Waals surface area contributed by atoms with Crippen molar-refractivity contribution >= 4 is 36.4 Å². The van der Waals surface area contributed by atoms with Crippen LogP contribution in [0.4, 0.5) is 0 Å². The van der Waals surface area contributed by atoms with E-state index in [-0.39, 0.29) is 0 Å². The van der Waals surface area contributed by atoms with E-state index in [4.69, 9.17) is 0 Å². The van der Waals surface area contributed by atoms with Gasteiger partial charge >= 0.3 is 0 Å². The van der Waals surface area contributed by atoms with Crippen molar-refractivity contribution in [2.75, 3.05) is 5.88 Å². The smallest absolute Gasteiger partial charge is 0.0942 e. The Kier molecular flexibility index (Phi) is 8.95. The van der Waals surface area contributed by atoms with Gasteiger partial charge in [-0.25, -0.2) is 0 Å². The second kappa shape index (κ2) is 8.49. The van der Waals surface area contributed by atoms with Crippen LogP contribution in [-0.4, -0.2) is 12.1 Å². The molecule has 0 aliphatic carbocycles. The summed E-state index contributed by atoms with van der Waals surface area (Å²) in [5, 5.41) is 0. The van der Waals surface area contributed by atoms with E-state index in [9.17, 15) is 0 Å². The maximum atomic E-state index is 4.07. The number of hydrogen-bond donors (Lipinski definition) is 0. The van der Waals surface area contributed by atoms with Crippen molar-refractivity contribution in [1.29, 1.82) is 0 Å². The molecule has 0 aromatic rings. The summed E-state index contributed by atoms with van der Waals surface area (Å²) in [7, 11) is 1.70. The summed E-state index contributed by atoms with van der Waals surface area (Å²) in [4.78, 5) is 4.07. The highest BCUT2D eigenvalue weighted by molar-refractivity contribution is 14.2. The van der Waals surface area contributed by atoms with E-state index in [0.29, 0.717) is 0 Å². The van der Waals surface area contributed by atoms with E-state index in [0.717, 1.165) is 12.3 Å². The number of hydrogen-bond acceptors (Lipinski definition) is 2. The van der Waals surface area contributed by atoms with E-state index >= 15 is 0 Å². The van der Waals surface area contributed by atoms with Gasteiger partial charge < -0.3 is 0 Å². The lowest BCUT2D eigenvalue weighted by Gasteiger charge is -1.79. The molecule has 0 aliphatic rings. The maximum Gasteiger partial charge on any atom is 0.0942 e. The molecule has 0 radical (unpaired) electrons. The first-order chi connectivity index (χ1) is 4.41. The van der Waals surface area contributed by atoms with Gasteiger partial charge in [-0.2, -0.15) is 0 Å². The van der Waals surface area contributed by atoms with Crippen LogP contribution in [0.5, 0.6) is 0 Å². The SMILES string of the molecule is CC/C=C\C=NCSI. The monoisotopic (exact) mass is 255 g/mol. The Labute approximate surface area is 72.6 Å². The molecule has 0 rings (SSSR count). The predicted molar refractivity (Wildman–Crippen MR) is 54.4 cm³/mol. The van der Waals surface area contributed by atoms with Crippen LogP contribution in [0, 0.1) is 0 Å². The van der Waals surface area contributed by atoms with Gasteiger partial charge in [0.2, 0.25) is 0 Å². The van der Waals surface area contributed by atoms with Crippen LogP contribution >= 0.6 is 30.1 Å². The Hall–Kier alpha value is 0.490. The first-order valence-corrected chi connectivity index (χ1v) is 6.33. The molecule has 0 saturated heterocycles. The van der Waals surface area contributed by atoms with Gasteiger partial charge in [-0.1, -0.05) is 21.9 Å². The largest absolute Gasteiger partial charge is 0.282 e. The lowest BCUT2D eigenvalue weighted by molar-refractivity contribution is 1.23. The Morgan fingerprint density at radius 1 is 1.67 bits per heavy atom. The second-order valence-corrected chi connectivity index (χ2v) is 3.75. The molecule has 1 nitrogen and oxygen atoms in total. The van der Waals surface area contributed by atoms with Crippen LogP contribution in [0.2, 0.25) is 0 Å². The number of aliphatic imine (C=N–C) groups is 1. The second-order valence-electron chi connectivity index (χ2n) is 1.41. The molecule has 0 aromatic carbocycles. The van der Waals surface area contributed by atoms with Crippen molar-refractivity contribution in [2.24, 2.45) is 4.99 Å². The summed E-state index contributed by atoms with van der Waals surface area (Å²) < 4.78 is 0. The minimum atomic E-state index is 0.856. The van der Waals surface area contributed by atoms with Crippen molar-refractivity contribution in [3.8, 4) is 0 Å². The molecule has 0 fully saturated rings. The van der Waals surface area contributed by atoms with Gasteiger partial charge in [0.15, 0.2) is 0 Å². The molecular weight excluding hydrogens is 245 g/mol. The van der Waals surface area contributed by atoms with Gasteiger partial charge in [-0.3, -0.25) is 4.99 Å². The highest BCUT2D eigenvalue weighted by Gasteiger charge is 1.69. The Morgan fingerprint density at radius 3 is 3.00 bits per heavy atom. The quantitative estimate of drug-likeness (QED) is 0.555. The van der Waals surface area contributed by atoms with Gasteiger partial charge in [0.05, 0.1) is 5.88 Å². The lowest BCUT2D eigenvalue weighted by Crippen LogP contribution is -1.66. The topological polar surface area (TPSA) is 12.4 Å². The minimum Gasteiger partial charge on any atom is -0.282 e. The fourth-order valence-electron chi connectivity index (χ4n) is 0.329. The third-order valence-corrected chi connectivity index (χ3v) is 1.77. The lowest BCUT2D eigenvalue weighted by atomic mass is 10.4. The van der Waals surface area contributed by atoms with Crippen molar-refractivity contribution in [2.45, 2.75) is 13.3 Å². The molecule has 0 N–H and O–H groups in total. The van der Waals surface area contributed by atoms with E-state index in [1.807, 2.05) is 12.3 Å². The summed E-state index contributed by atoms with van der Waals surface area (Å²) >= 11 is 2.23. The molecule has 0 aliphatic heterocycles. The van der Waals surface area contributed by atoms with E-state index in [2.05, 4.69) is 39.2 Å². The van der Waals surface area contributed by atoms with Gasteiger partial charge in [0, 0.05) is 6.21 Å². The molecular formula is C6H10INS. The maximum absolute atomic E-state index is 4.07. The van der Waals surface area contributed by atoms with Gasteiger partial charge in [-0.15, -0.1) is 0 Å². The molecule has 0 bridgehead atoms. The zero-order valence-electron chi connectivity index (χ0n) is 5.38. The molecule has 0 saturated carbocycles. The van der Waals surface area contributed by atoms with Gasteiger partial charge in [0.25, 0.3) is 0 Å². The molecule has 3 heteroatoms. The number of halogens is 1. The average molecular weight is 255 g/mol. The van der Waals surface area contributed by atoms with Crippen molar-refractivity contribution < 1.29 is 0 Å². The summed E-state index contributed by atoms with van der Waals surface area (Å²) in [5.41, 5.74) is 0. The fourth-order valence-corrected chi connectivity index (χ4v) is 0.954. The first kappa shape index (κ1) is 9.49. The van der Waals surface area contributed by atoms with Crippen LogP contribution in [0.3, 0.4) is 0 Å². The van der Waals surface area contributed by atoms with E-state index < -0.39 is 0 Å². The molecule has 52 valence electrons. The molecule has 0 atom stereocenters. The standard InChI is InChI=1S/C6H10INS/c1-2-3-4-5-8-6-9-7/h3-5H,2,6H2,1H3/b4-3-,8-5?. The van der Waals surface area contributed by atoms with E-state index in [1.165, 1.54) is 0 Å². The van der Waals surface area contributed by atoms with Crippen molar-refractivity contribution in [3.05, 3.63) is 12.2 Å². The minimum absolute atomic E-state index is 0.856. The Morgan fingerprint density at radius 2 is 2.44 bits per heavy atom. The zero-order chi connectivity index (χ0) is 6.95. The Bertz CT molecular complexity index is 101. The van der Waals surface area contributed by atoms with Crippen molar-refractivity contribution in [3.63, 3.8) is 0 Å². The molecule has 0 unspecified atom stereocenters. The zero-order valence-corrected chi connectivity index (χ0v) is 8.35. The third-order valence-electron chi connectivity index (χ3n) is 0.687. The van der Waals surface area contributed by atoms with Crippen LogP contribution in [0.15, 0.2) is 17.1 Å². The number of allylic oxidation sites excluding steroid dienone is 2. The number of nitrogens with zero attached hydrogens (tertiary/aromatic N) is 1. The number of rotatable bonds is 4. The van der Waals surface area contributed by atoms with Crippen LogP contribution < -0.4 is 0 Å². The molecule has 0 spiro atoms. The summed E-state index contributed by atoms with van der Waals surface area (Å²) in [6.45, 7) is 2.11. The van der Waals surface area contributed by atoms with Crippen LogP contribution in [0.1, 0.15) is 13.3 Å². The normalized spacial score (nSPS) is 11.8. The summed E-state index contributed by atoms with van der Waals surface area (Å²) in [5.74, 6) is 0.856.